The zero-order valence-electron chi connectivity index (χ0n) is 11.7. The molecule has 0 saturated heterocycles. The summed E-state index contributed by atoms with van der Waals surface area (Å²) in [4.78, 5) is 19.3. The highest BCUT2D eigenvalue weighted by molar-refractivity contribution is 6.06. The fraction of sp³-hybridized carbons (Fsp3) is 0.0714. The van der Waals surface area contributed by atoms with Crippen LogP contribution in [0.25, 0.3) is 20.9 Å². The van der Waals surface area contributed by atoms with Crippen LogP contribution in [0.1, 0.15) is 10.4 Å². The molecule has 0 N–H and O–H groups in total. The summed E-state index contributed by atoms with van der Waals surface area (Å²) in [6.45, 7) is 0. The first-order valence-electron chi connectivity index (χ1n) is 6.24. The molecule has 0 unspecified atom stereocenters. The summed E-state index contributed by atoms with van der Waals surface area (Å²) in [5.41, 5.74) is 18.7. The third-order valence-electron chi connectivity index (χ3n) is 2.96. The van der Waals surface area contributed by atoms with Crippen LogP contribution in [0.4, 0.5) is 17.1 Å². The quantitative estimate of drug-likeness (QED) is 0.447. The van der Waals surface area contributed by atoms with Crippen molar-refractivity contribution in [3.63, 3.8) is 0 Å². The number of benzene rings is 2. The zero-order chi connectivity index (χ0) is 15.9. The van der Waals surface area contributed by atoms with Gasteiger partial charge in [0.05, 0.1) is 0 Å². The van der Waals surface area contributed by atoms with E-state index in [1.807, 2.05) is 0 Å². The first-order chi connectivity index (χ1) is 10.7. The Hall–Kier alpha value is -3.47. The molecule has 108 valence electrons. The van der Waals surface area contributed by atoms with Gasteiger partial charge >= 0.3 is 0 Å². The number of nitrogens with zero attached hydrogens (tertiary/aromatic N) is 7. The molecule has 8 nitrogen and oxygen atoms in total. The number of carbonyl (C=O) groups excluding carboxylic acids is 1. The van der Waals surface area contributed by atoms with Gasteiger partial charge < -0.3 is 4.90 Å². The Labute approximate surface area is 125 Å². The predicted octanol–water partition coefficient (Wildman–Crippen LogP) is 4.85. The van der Waals surface area contributed by atoms with Crippen molar-refractivity contribution in [1.82, 2.24) is 0 Å². The van der Waals surface area contributed by atoms with Crippen LogP contribution in [0.3, 0.4) is 0 Å². The number of hydrogen-bond donors (Lipinski definition) is 0. The summed E-state index contributed by atoms with van der Waals surface area (Å²) in [6, 6.07) is 13.0. The van der Waals surface area contributed by atoms with Gasteiger partial charge in [-0.3, -0.25) is 4.79 Å². The highest BCUT2D eigenvalue weighted by atomic mass is 16.2. The molecule has 8 heteroatoms. The summed E-state index contributed by atoms with van der Waals surface area (Å²) in [7, 11) is 1.63. The molecular formula is C14H11N7O. The second-order valence-electron chi connectivity index (χ2n) is 4.31. The molecule has 0 aliphatic rings. The lowest BCUT2D eigenvalue weighted by Crippen LogP contribution is -2.25. The summed E-state index contributed by atoms with van der Waals surface area (Å²) >= 11 is 0. The van der Waals surface area contributed by atoms with Gasteiger partial charge in [0.15, 0.2) is 0 Å². The van der Waals surface area contributed by atoms with Crippen molar-refractivity contribution in [3.8, 4) is 0 Å². The van der Waals surface area contributed by atoms with Gasteiger partial charge in [-0.2, -0.15) is 0 Å². The third-order valence-corrected chi connectivity index (χ3v) is 2.96. The first kappa shape index (κ1) is 14.9. The number of hydrogen-bond acceptors (Lipinski definition) is 3. The molecule has 1 amide bonds. The monoisotopic (exact) mass is 293 g/mol. The minimum atomic E-state index is -0.244. The number of anilines is 1. The Morgan fingerprint density at radius 1 is 1.00 bits per heavy atom. The van der Waals surface area contributed by atoms with Crippen LogP contribution in [-0.4, -0.2) is 13.0 Å². The lowest BCUT2D eigenvalue weighted by Gasteiger charge is -2.17. The Morgan fingerprint density at radius 2 is 1.64 bits per heavy atom. The van der Waals surface area contributed by atoms with E-state index in [0.717, 1.165) is 0 Å². The molecule has 2 aromatic carbocycles. The van der Waals surface area contributed by atoms with E-state index >= 15 is 0 Å². The molecule has 0 bridgehead atoms. The van der Waals surface area contributed by atoms with Crippen LogP contribution in [0.2, 0.25) is 0 Å². The van der Waals surface area contributed by atoms with Crippen LogP contribution < -0.4 is 4.90 Å². The summed E-state index contributed by atoms with van der Waals surface area (Å²) in [5.74, 6) is -0.244. The average Bonchev–Trinajstić information content (AvgIpc) is 2.55. The van der Waals surface area contributed by atoms with Crippen molar-refractivity contribution < 1.29 is 4.79 Å². The van der Waals surface area contributed by atoms with Crippen LogP contribution in [0, 0.1) is 0 Å². The van der Waals surface area contributed by atoms with E-state index in [-0.39, 0.29) is 5.91 Å². The fourth-order valence-electron chi connectivity index (χ4n) is 1.86. The molecule has 2 aromatic rings. The van der Waals surface area contributed by atoms with E-state index in [9.17, 15) is 4.79 Å². The number of azide groups is 2. The van der Waals surface area contributed by atoms with Gasteiger partial charge in [-0.15, -0.1) is 0 Å². The van der Waals surface area contributed by atoms with Crippen LogP contribution in [0.5, 0.6) is 0 Å². The maximum absolute atomic E-state index is 12.4. The minimum absolute atomic E-state index is 0.244. The molecule has 0 saturated carbocycles. The van der Waals surface area contributed by atoms with E-state index in [1.54, 1.807) is 49.5 Å². The van der Waals surface area contributed by atoms with Crippen molar-refractivity contribution in [2.75, 3.05) is 11.9 Å². The van der Waals surface area contributed by atoms with Crippen molar-refractivity contribution >= 4 is 23.0 Å². The Bertz CT molecular complexity index is 787. The van der Waals surface area contributed by atoms with Gasteiger partial charge in [-0.25, -0.2) is 0 Å². The first-order valence-corrected chi connectivity index (χ1v) is 6.24. The third kappa shape index (κ3) is 3.34. The van der Waals surface area contributed by atoms with Gasteiger partial charge in [0.2, 0.25) is 0 Å². The molecule has 0 spiro atoms. The van der Waals surface area contributed by atoms with Crippen LogP contribution >= 0.6 is 0 Å². The second kappa shape index (κ2) is 6.81. The molecule has 22 heavy (non-hydrogen) atoms. The van der Waals surface area contributed by atoms with Gasteiger partial charge in [-0.05, 0) is 35.3 Å². The molecule has 0 aliphatic carbocycles. The SMILES string of the molecule is CN(C(=O)c1cccc(N=[N+]=[N-])c1)c1ccc(N=[N+]=[N-])cc1. The number of carbonyl (C=O) groups is 1. The van der Waals surface area contributed by atoms with Gasteiger partial charge in [0, 0.05) is 39.5 Å². The van der Waals surface area contributed by atoms with E-state index in [2.05, 4.69) is 20.1 Å². The lowest BCUT2D eigenvalue weighted by molar-refractivity contribution is 0.0993. The van der Waals surface area contributed by atoms with Crippen molar-refractivity contribution in [3.05, 3.63) is 75.0 Å². The van der Waals surface area contributed by atoms with E-state index in [4.69, 9.17) is 11.1 Å². The molecule has 0 fully saturated rings. The van der Waals surface area contributed by atoms with Gasteiger partial charge in [-0.1, -0.05) is 34.5 Å². The maximum atomic E-state index is 12.4. The summed E-state index contributed by atoms with van der Waals surface area (Å²) < 4.78 is 0. The summed E-state index contributed by atoms with van der Waals surface area (Å²) in [5, 5.41) is 6.95. The Morgan fingerprint density at radius 3 is 2.27 bits per heavy atom. The normalized spacial score (nSPS) is 9.32. The molecule has 2 rings (SSSR count). The van der Waals surface area contributed by atoms with Crippen molar-refractivity contribution in [1.29, 1.82) is 0 Å². The molecule has 0 aromatic heterocycles. The molecule has 0 heterocycles. The Balaban J connectivity index is 2.26. The summed E-state index contributed by atoms with van der Waals surface area (Å²) in [6.07, 6.45) is 0. The molecule has 0 atom stereocenters. The van der Waals surface area contributed by atoms with E-state index in [1.165, 1.54) is 11.0 Å². The Kier molecular flexibility index (Phi) is 4.62. The molecular weight excluding hydrogens is 282 g/mol. The number of amides is 1. The predicted molar refractivity (Wildman–Crippen MR) is 83.2 cm³/mol. The van der Waals surface area contributed by atoms with E-state index < -0.39 is 0 Å². The second-order valence-corrected chi connectivity index (χ2v) is 4.31. The van der Waals surface area contributed by atoms with Crippen LogP contribution in [0.15, 0.2) is 58.8 Å². The topological polar surface area (TPSA) is 118 Å². The van der Waals surface area contributed by atoms with E-state index in [0.29, 0.717) is 22.6 Å². The maximum Gasteiger partial charge on any atom is 0.258 e. The minimum Gasteiger partial charge on any atom is -0.311 e. The van der Waals surface area contributed by atoms with Gasteiger partial charge in [0.1, 0.15) is 0 Å². The average molecular weight is 293 g/mol. The molecule has 0 aliphatic heterocycles. The van der Waals surface area contributed by atoms with Crippen LogP contribution in [-0.2, 0) is 0 Å². The van der Waals surface area contributed by atoms with Crippen molar-refractivity contribution in [2.45, 2.75) is 0 Å². The highest BCUT2D eigenvalue weighted by Gasteiger charge is 2.13. The zero-order valence-corrected chi connectivity index (χ0v) is 11.7. The number of rotatable bonds is 4. The van der Waals surface area contributed by atoms with Crippen molar-refractivity contribution in [2.24, 2.45) is 10.2 Å². The standard InChI is InChI=1S/C14H11N7O/c1-21(13-7-5-11(6-8-13)17-19-15)14(22)10-3-2-4-12(9-10)18-20-16/h2-9H,1H3. The lowest BCUT2D eigenvalue weighted by atomic mass is 10.1. The smallest absolute Gasteiger partial charge is 0.258 e. The fourth-order valence-corrected chi connectivity index (χ4v) is 1.86. The highest BCUT2D eigenvalue weighted by Crippen LogP contribution is 2.22. The molecule has 0 radical (unpaired) electrons. The van der Waals surface area contributed by atoms with Gasteiger partial charge in [0.25, 0.3) is 5.91 Å². The largest absolute Gasteiger partial charge is 0.311 e.